The van der Waals surface area contributed by atoms with Crippen molar-refractivity contribution in [2.24, 2.45) is 0 Å². The third kappa shape index (κ3) is 2.17. The second-order valence-electron chi connectivity index (χ2n) is 2.56. The molecule has 0 aliphatic rings. The van der Waals surface area contributed by atoms with Gasteiger partial charge in [0.1, 0.15) is 11.3 Å². The van der Waals surface area contributed by atoms with Crippen molar-refractivity contribution in [3.8, 4) is 18.1 Å². The van der Waals surface area contributed by atoms with Crippen LogP contribution >= 0.6 is 0 Å². The lowest BCUT2D eigenvalue weighted by molar-refractivity contribution is 0.0553. The molecule has 0 fully saturated rings. The van der Waals surface area contributed by atoms with Crippen LogP contribution in [0.4, 0.5) is 5.69 Å². The SMILES string of the molecule is C#CCOC(=O)c1ccc(N)cc1O. The Morgan fingerprint density at radius 2 is 2.36 bits per heavy atom. The Bertz CT molecular complexity index is 393. The summed E-state index contributed by atoms with van der Waals surface area (Å²) in [5, 5.41) is 9.33. The van der Waals surface area contributed by atoms with E-state index in [9.17, 15) is 9.90 Å². The quantitative estimate of drug-likeness (QED) is 0.411. The Hall–Kier alpha value is -2.15. The Kier molecular flexibility index (Phi) is 2.97. The van der Waals surface area contributed by atoms with Crippen molar-refractivity contribution in [3.05, 3.63) is 23.8 Å². The molecule has 0 bridgehead atoms. The first kappa shape index (κ1) is 9.93. The number of benzene rings is 1. The Morgan fingerprint density at radius 3 is 2.93 bits per heavy atom. The molecule has 0 heterocycles. The zero-order valence-corrected chi connectivity index (χ0v) is 7.36. The van der Waals surface area contributed by atoms with Gasteiger partial charge in [0.15, 0.2) is 6.61 Å². The predicted octanol–water partition coefficient (Wildman–Crippen LogP) is 0.764. The summed E-state index contributed by atoms with van der Waals surface area (Å²) in [5.41, 5.74) is 5.81. The molecule has 0 unspecified atom stereocenters. The number of nitrogens with two attached hydrogens (primary N) is 1. The van der Waals surface area contributed by atoms with E-state index in [2.05, 4.69) is 10.7 Å². The van der Waals surface area contributed by atoms with E-state index in [-0.39, 0.29) is 17.9 Å². The van der Waals surface area contributed by atoms with Crippen LogP contribution in [0.25, 0.3) is 0 Å². The minimum absolute atomic E-state index is 0.0504. The highest BCUT2D eigenvalue weighted by molar-refractivity contribution is 5.93. The highest BCUT2D eigenvalue weighted by Crippen LogP contribution is 2.20. The fraction of sp³-hybridized carbons (Fsp3) is 0.100. The molecule has 0 atom stereocenters. The zero-order chi connectivity index (χ0) is 10.6. The van der Waals surface area contributed by atoms with Gasteiger partial charge < -0.3 is 15.6 Å². The van der Waals surface area contributed by atoms with Crippen molar-refractivity contribution >= 4 is 11.7 Å². The van der Waals surface area contributed by atoms with E-state index in [1.165, 1.54) is 18.2 Å². The number of hydrogen-bond acceptors (Lipinski definition) is 4. The summed E-state index contributed by atoms with van der Waals surface area (Å²) in [6, 6.07) is 4.14. The van der Waals surface area contributed by atoms with Gasteiger partial charge in [-0.2, -0.15) is 0 Å². The van der Waals surface area contributed by atoms with Crippen molar-refractivity contribution in [1.82, 2.24) is 0 Å². The summed E-state index contributed by atoms with van der Waals surface area (Å²) in [4.78, 5) is 11.2. The van der Waals surface area contributed by atoms with Crippen LogP contribution in [-0.2, 0) is 4.74 Å². The molecule has 0 aliphatic carbocycles. The van der Waals surface area contributed by atoms with Gasteiger partial charge in [-0.25, -0.2) is 4.79 Å². The number of nitrogen functional groups attached to an aromatic ring is 1. The molecule has 14 heavy (non-hydrogen) atoms. The van der Waals surface area contributed by atoms with Crippen molar-refractivity contribution in [2.75, 3.05) is 12.3 Å². The van der Waals surface area contributed by atoms with Gasteiger partial charge in [-0.15, -0.1) is 6.42 Å². The molecular weight excluding hydrogens is 182 g/mol. The molecular formula is C10H9NO3. The van der Waals surface area contributed by atoms with Crippen molar-refractivity contribution < 1.29 is 14.6 Å². The standard InChI is InChI=1S/C10H9NO3/c1-2-5-14-10(13)8-4-3-7(11)6-9(8)12/h1,3-4,6,12H,5,11H2. The average Bonchev–Trinajstić information content (AvgIpc) is 2.14. The van der Waals surface area contributed by atoms with E-state index in [0.29, 0.717) is 5.69 Å². The van der Waals surface area contributed by atoms with E-state index in [1.807, 2.05) is 0 Å². The van der Waals surface area contributed by atoms with Crippen LogP contribution in [0.3, 0.4) is 0 Å². The van der Waals surface area contributed by atoms with Gasteiger partial charge >= 0.3 is 5.97 Å². The minimum atomic E-state index is -0.666. The van der Waals surface area contributed by atoms with E-state index >= 15 is 0 Å². The summed E-state index contributed by atoms with van der Waals surface area (Å²) in [6.45, 7) is -0.122. The molecule has 3 N–H and O–H groups in total. The molecule has 0 aliphatic heterocycles. The summed E-state index contributed by atoms with van der Waals surface area (Å²) >= 11 is 0. The molecule has 1 aromatic rings. The number of phenols is 1. The maximum Gasteiger partial charge on any atom is 0.342 e. The van der Waals surface area contributed by atoms with Crippen LogP contribution < -0.4 is 5.73 Å². The number of hydrogen-bond donors (Lipinski definition) is 2. The number of phenolic OH excluding ortho intramolecular Hbond substituents is 1. The van der Waals surface area contributed by atoms with Gasteiger partial charge in [0, 0.05) is 11.8 Å². The predicted molar refractivity (Wildman–Crippen MR) is 51.6 cm³/mol. The first-order chi connectivity index (χ1) is 6.65. The van der Waals surface area contributed by atoms with E-state index in [0.717, 1.165) is 0 Å². The van der Waals surface area contributed by atoms with Crippen LogP contribution in [0.1, 0.15) is 10.4 Å². The molecule has 4 heteroatoms. The largest absolute Gasteiger partial charge is 0.507 e. The van der Waals surface area contributed by atoms with Crippen LogP contribution in [-0.4, -0.2) is 17.7 Å². The summed E-state index contributed by atoms with van der Waals surface area (Å²) in [6.07, 6.45) is 4.91. The number of carbonyl (C=O) groups excluding carboxylic acids is 1. The number of rotatable bonds is 2. The molecule has 0 saturated carbocycles. The molecule has 0 radical (unpaired) electrons. The van der Waals surface area contributed by atoms with Crippen molar-refractivity contribution in [3.63, 3.8) is 0 Å². The molecule has 0 aromatic heterocycles. The molecule has 1 aromatic carbocycles. The lowest BCUT2D eigenvalue weighted by atomic mass is 10.2. The molecule has 1 rings (SSSR count). The fourth-order valence-corrected chi connectivity index (χ4v) is 0.906. The summed E-state index contributed by atoms with van der Waals surface area (Å²) < 4.78 is 4.62. The molecule has 0 amide bonds. The van der Waals surface area contributed by atoms with Gasteiger partial charge in [0.05, 0.1) is 0 Å². The number of anilines is 1. The summed E-state index contributed by atoms with van der Waals surface area (Å²) in [5.74, 6) is 1.27. The van der Waals surface area contributed by atoms with Crippen LogP contribution in [0.5, 0.6) is 5.75 Å². The second-order valence-corrected chi connectivity index (χ2v) is 2.56. The van der Waals surface area contributed by atoms with E-state index in [1.54, 1.807) is 0 Å². The van der Waals surface area contributed by atoms with Crippen LogP contribution in [0.2, 0.25) is 0 Å². The van der Waals surface area contributed by atoms with Crippen LogP contribution in [0.15, 0.2) is 18.2 Å². The molecule has 72 valence electrons. The van der Waals surface area contributed by atoms with E-state index in [4.69, 9.17) is 12.2 Å². The normalized spacial score (nSPS) is 9.07. The Labute approximate surface area is 81.3 Å². The van der Waals surface area contributed by atoms with Gasteiger partial charge in [0.25, 0.3) is 0 Å². The van der Waals surface area contributed by atoms with Crippen molar-refractivity contribution in [2.45, 2.75) is 0 Å². The van der Waals surface area contributed by atoms with Crippen molar-refractivity contribution in [1.29, 1.82) is 0 Å². The Balaban J connectivity index is 2.86. The highest BCUT2D eigenvalue weighted by atomic mass is 16.5. The Morgan fingerprint density at radius 1 is 1.64 bits per heavy atom. The van der Waals surface area contributed by atoms with Gasteiger partial charge in [-0.3, -0.25) is 0 Å². The lowest BCUT2D eigenvalue weighted by Crippen LogP contribution is -2.05. The lowest BCUT2D eigenvalue weighted by Gasteiger charge is -2.03. The number of carbonyl (C=O) groups is 1. The summed E-state index contributed by atoms with van der Waals surface area (Å²) in [7, 11) is 0. The van der Waals surface area contributed by atoms with Gasteiger partial charge in [-0.1, -0.05) is 5.92 Å². The van der Waals surface area contributed by atoms with Gasteiger partial charge in [-0.05, 0) is 12.1 Å². The van der Waals surface area contributed by atoms with Crippen LogP contribution in [0, 0.1) is 12.3 Å². The fourth-order valence-electron chi connectivity index (χ4n) is 0.906. The monoisotopic (exact) mass is 191 g/mol. The topological polar surface area (TPSA) is 72.5 Å². The third-order valence-electron chi connectivity index (χ3n) is 1.53. The first-order valence-corrected chi connectivity index (χ1v) is 3.84. The zero-order valence-electron chi connectivity index (χ0n) is 7.36. The number of terminal acetylenes is 1. The number of aromatic hydroxyl groups is 1. The highest BCUT2D eigenvalue weighted by Gasteiger charge is 2.11. The average molecular weight is 191 g/mol. The van der Waals surface area contributed by atoms with Gasteiger partial charge in [0.2, 0.25) is 0 Å². The molecule has 4 nitrogen and oxygen atoms in total. The molecule has 0 saturated heterocycles. The second kappa shape index (κ2) is 4.19. The third-order valence-corrected chi connectivity index (χ3v) is 1.53. The smallest absolute Gasteiger partial charge is 0.342 e. The molecule has 0 spiro atoms. The minimum Gasteiger partial charge on any atom is -0.507 e. The van der Waals surface area contributed by atoms with E-state index < -0.39 is 5.97 Å². The number of esters is 1. The first-order valence-electron chi connectivity index (χ1n) is 3.84. The maximum atomic E-state index is 11.2. The number of ether oxygens (including phenoxy) is 1. The maximum absolute atomic E-state index is 11.2.